The topological polar surface area (TPSA) is 84.2 Å². The Morgan fingerprint density at radius 1 is 1.22 bits per heavy atom. The summed E-state index contributed by atoms with van der Waals surface area (Å²) in [5, 5.41) is 5.20. The molecule has 1 rings (SSSR count). The number of rotatable bonds is 5. The Morgan fingerprint density at radius 3 is 2.50 bits per heavy atom. The Balaban J connectivity index is 2.62. The van der Waals surface area contributed by atoms with Gasteiger partial charge < -0.3 is 16.4 Å². The molecule has 0 bridgehead atoms. The molecule has 0 atom stereocenters. The van der Waals surface area contributed by atoms with Gasteiger partial charge >= 0.3 is 0 Å². The minimum absolute atomic E-state index is 0.0670. The molecule has 0 aliphatic heterocycles. The van der Waals surface area contributed by atoms with Gasteiger partial charge in [0.2, 0.25) is 11.8 Å². The number of anilines is 1. The van der Waals surface area contributed by atoms with Crippen LogP contribution < -0.4 is 16.4 Å². The Kier molecular flexibility index (Phi) is 5.32. The van der Waals surface area contributed by atoms with Crippen LogP contribution in [0.5, 0.6) is 0 Å². The fourth-order valence-electron chi connectivity index (χ4n) is 1.56. The number of amides is 2. The zero-order valence-electron chi connectivity index (χ0n) is 10.7. The van der Waals surface area contributed by atoms with Crippen molar-refractivity contribution in [1.29, 1.82) is 0 Å². The molecule has 4 N–H and O–H groups in total. The smallest absolute Gasteiger partial charge is 0.243 e. The molecular weight excluding hydrogens is 230 g/mol. The molecule has 0 aromatic heterocycles. The Bertz CT molecular complexity index is 430. The molecule has 0 saturated heterocycles. The molecule has 0 unspecified atom stereocenters. The van der Waals surface area contributed by atoms with Gasteiger partial charge in [-0.2, -0.15) is 0 Å². The molecule has 0 radical (unpaired) electrons. The standard InChI is InChI=1S/C13H19N3O2/c1-9(2)10-5-3-4-6-11(10)16-13(18)8-15-12(17)7-14/h3-6,9H,7-8,14H2,1-2H3,(H,15,17)(H,16,18). The molecule has 0 heterocycles. The van der Waals surface area contributed by atoms with Crippen LogP contribution in [0.1, 0.15) is 25.3 Å². The molecular formula is C13H19N3O2. The summed E-state index contributed by atoms with van der Waals surface area (Å²) in [6, 6.07) is 7.61. The first kappa shape index (κ1) is 14.2. The Hall–Kier alpha value is -1.88. The summed E-state index contributed by atoms with van der Waals surface area (Å²) < 4.78 is 0. The van der Waals surface area contributed by atoms with Gasteiger partial charge in [0.05, 0.1) is 13.1 Å². The highest BCUT2D eigenvalue weighted by Crippen LogP contribution is 2.23. The van der Waals surface area contributed by atoms with Crippen LogP contribution in [0.25, 0.3) is 0 Å². The van der Waals surface area contributed by atoms with Crippen LogP contribution >= 0.6 is 0 Å². The molecule has 98 valence electrons. The summed E-state index contributed by atoms with van der Waals surface area (Å²) in [6.45, 7) is 3.93. The second-order valence-electron chi connectivity index (χ2n) is 4.27. The predicted octanol–water partition coefficient (Wildman–Crippen LogP) is 0.823. The third-order valence-corrected chi connectivity index (χ3v) is 2.49. The van der Waals surface area contributed by atoms with E-state index in [1.54, 1.807) is 0 Å². The number of para-hydroxylation sites is 1. The number of carbonyl (C=O) groups is 2. The van der Waals surface area contributed by atoms with Crippen LogP contribution in [-0.4, -0.2) is 24.9 Å². The van der Waals surface area contributed by atoms with Crippen molar-refractivity contribution in [3.8, 4) is 0 Å². The van der Waals surface area contributed by atoms with Crippen molar-refractivity contribution in [3.05, 3.63) is 29.8 Å². The summed E-state index contributed by atoms with van der Waals surface area (Å²) in [7, 11) is 0. The van der Waals surface area contributed by atoms with Crippen molar-refractivity contribution in [2.75, 3.05) is 18.4 Å². The Morgan fingerprint density at radius 2 is 1.89 bits per heavy atom. The van der Waals surface area contributed by atoms with Crippen molar-refractivity contribution in [2.45, 2.75) is 19.8 Å². The van der Waals surface area contributed by atoms with Gasteiger partial charge in [-0.25, -0.2) is 0 Å². The lowest BCUT2D eigenvalue weighted by molar-refractivity contribution is -0.123. The van der Waals surface area contributed by atoms with E-state index in [0.717, 1.165) is 11.3 Å². The van der Waals surface area contributed by atoms with E-state index in [0.29, 0.717) is 5.92 Å². The first-order valence-corrected chi connectivity index (χ1v) is 5.90. The van der Waals surface area contributed by atoms with E-state index in [9.17, 15) is 9.59 Å². The van der Waals surface area contributed by atoms with Gasteiger partial charge in [0.25, 0.3) is 0 Å². The first-order chi connectivity index (χ1) is 8.54. The van der Waals surface area contributed by atoms with E-state index in [4.69, 9.17) is 5.73 Å². The predicted molar refractivity (Wildman–Crippen MR) is 71.2 cm³/mol. The summed E-state index contributed by atoms with van der Waals surface area (Å²) >= 11 is 0. The number of nitrogens with two attached hydrogens (primary N) is 1. The van der Waals surface area contributed by atoms with Crippen molar-refractivity contribution in [3.63, 3.8) is 0 Å². The van der Waals surface area contributed by atoms with E-state index in [1.807, 2.05) is 24.3 Å². The molecule has 0 aliphatic rings. The summed E-state index contributed by atoms with van der Waals surface area (Å²) in [6.07, 6.45) is 0. The van der Waals surface area contributed by atoms with Crippen molar-refractivity contribution >= 4 is 17.5 Å². The average Bonchev–Trinajstić information content (AvgIpc) is 2.36. The van der Waals surface area contributed by atoms with Crippen LogP contribution in [0.4, 0.5) is 5.69 Å². The van der Waals surface area contributed by atoms with Gasteiger partial charge in [-0.05, 0) is 17.5 Å². The van der Waals surface area contributed by atoms with Crippen molar-refractivity contribution in [1.82, 2.24) is 5.32 Å². The lowest BCUT2D eigenvalue weighted by Crippen LogP contribution is -2.36. The average molecular weight is 249 g/mol. The zero-order valence-corrected chi connectivity index (χ0v) is 10.7. The van der Waals surface area contributed by atoms with E-state index in [-0.39, 0.29) is 24.9 Å². The van der Waals surface area contributed by atoms with Crippen molar-refractivity contribution in [2.24, 2.45) is 5.73 Å². The summed E-state index contributed by atoms with van der Waals surface area (Å²) in [4.78, 5) is 22.6. The lowest BCUT2D eigenvalue weighted by Gasteiger charge is -2.13. The van der Waals surface area contributed by atoms with E-state index < -0.39 is 0 Å². The number of benzene rings is 1. The van der Waals surface area contributed by atoms with Gasteiger partial charge in [-0.15, -0.1) is 0 Å². The molecule has 1 aromatic carbocycles. The number of nitrogens with one attached hydrogen (secondary N) is 2. The first-order valence-electron chi connectivity index (χ1n) is 5.90. The zero-order chi connectivity index (χ0) is 13.5. The van der Waals surface area contributed by atoms with E-state index in [1.165, 1.54) is 0 Å². The third kappa shape index (κ3) is 4.18. The minimum Gasteiger partial charge on any atom is -0.346 e. The Labute approximate surface area is 107 Å². The van der Waals surface area contributed by atoms with Gasteiger partial charge in [0, 0.05) is 5.69 Å². The quantitative estimate of drug-likeness (QED) is 0.722. The molecule has 0 fully saturated rings. The number of carbonyl (C=O) groups excluding carboxylic acids is 2. The number of hydrogen-bond acceptors (Lipinski definition) is 3. The largest absolute Gasteiger partial charge is 0.346 e. The van der Waals surface area contributed by atoms with E-state index >= 15 is 0 Å². The molecule has 0 aliphatic carbocycles. The van der Waals surface area contributed by atoms with Crippen LogP contribution in [0.2, 0.25) is 0 Å². The third-order valence-electron chi connectivity index (χ3n) is 2.49. The van der Waals surface area contributed by atoms with Gasteiger partial charge in [-0.1, -0.05) is 32.0 Å². The van der Waals surface area contributed by atoms with Gasteiger partial charge in [-0.3, -0.25) is 9.59 Å². The molecule has 1 aromatic rings. The second kappa shape index (κ2) is 6.76. The van der Waals surface area contributed by atoms with Crippen LogP contribution in [0, 0.1) is 0 Å². The highest BCUT2D eigenvalue weighted by molar-refractivity contribution is 5.95. The molecule has 5 nitrogen and oxygen atoms in total. The van der Waals surface area contributed by atoms with Gasteiger partial charge in [0.1, 0.15) is 0 Å². The monoisotopic (exact) mass is 249 g/mol. The fraction of sp³-hybridized carbons (Fsp3) is 0.385. The highest BCUT2D eigenvalue weighted by Gasteiger charge is 2.09. The van der Waals surface area contributed by atoms with Crippen molar-refractivity contribution < 1.29 is 9.59 Å². The molecule has 0 spiro atoms. The second-order valence-corrected chi connectivity index (χ2v) is 4.27. The maximum atomic E-state index is 11.6. The summed E-state index contributed by atoms with van der Waals surface area (Å²) in [5.74, 6) is -0.285. The minimum atomic E-state index is -0.345. The number of hydrogen-bond donors (Lipinski definition) is 3. The molecule has 0 saturated carbocycles. The fourth-order valence-corrected chi connectivity index (χ4v) is 1.56. The highest BCUT2D eigenvalue weighted by atomic mass is 16.2. The molecule has 5 heteroatoms. The lowest BCUT2D eigenvalue weighted by atomic mass is 10.0. The van der Waals surface area contributed by atoms with Crippen LogP contribution in [0.3, 0.4) is 0 Å². The van der Waals surface area contributed by atoms with E-state index in [2.05, 4.69) is 24.5 Å². The normalized spacial score (nSPS) is 10.2. The maximum absolute atomic E-state index is 11.6. The van der Waals surface area contributed by atoms with Crippen LogP contribution in [0.15, 0.2) is 24.3 Å². The molecule has 18 heavy (non-hydrogen) atoms. The maximum Gasteiger partial charge on any atom is 0.243 e. The van der Waals surface area contributed by atoms with Crippen LogP contribution in [-0.2, 0) is 9.59 Å². The molecule has 2 amide bonds. The SMILES string of the molecule is CC(C)c1ccccc1NC(=O)CNC(=O)CN. The summed E-state index contributed by atoms with van der Waals surface area (Å²) in [5.41, 5.74) is 6.97. The van der Waals surface area contributed by atoms with Gasteiger partial charge in [0.15, 0.2) is 0 Å².